The van der Waals surface area contributed by atoms with Crippen LogP contribution in [0.15, 0.2) is 24.3 Å². The Bertz CT molecular complexity index is 446. The predicted octanol–water partition coefficient (Wildman–Crippen LogP) is 2.49. The van der Waals surface area contributed by atoms with E-state index in [-0.39, 0.29) is 18.4 Å². The van der Waals surface area contributed by atoms with Crippen LogP contribution in [-0.4, -0.2) is 50.2 Å². The molecule has 0 amide bonds. The van der Waals surface area contributed by atoms with Crippen LogP contribution in [-0.2, 0) is 9.53 Å². The van der Waals surface area contributed by atoms with E-state index in [1.807, 2.05) is 6.92 Å². The second kappa shape index (κ2) is 8.90. The summed E-state index contributed by atoms with van der Waals surface area (Å²) in [5.41, 5.74) is 2.66. The molecule has 1 heterocycles. The normalized spacial score (nSPS) is 15.4. The van der Waals surface area contributed by atoms with Gasteiger partial charge >= 0.3 is 5.97 Å². The number of esters is 1. The highest BCUT2D eigenvalue weighted by Crippen LogP contribution is 2.20. The van der Waals surface area contributed by atoms with Gasteiger partial charge in [-0.3, -0.25) is 9.69 Å². The third-order valence-electron chi connectivity index (χ3n) is 3.77. The minimum Gasteiger partial charge on any atom is -0.466 e. The van der Waals surface area contributed by atoms with E-state index >= 15 is 0 Å². The molecule has 0 aromatic heterocycles. The number of halogens is 1. The van der Waals surface area contributed by atoms with E-state index in [0.717, 1.165) is 32.7 Å². The molecule has 21 heavy (non-hydrogen) atoms. The molecular formula is C16H25ClN2O2. The molecule has 0 bridgehead atoms. The Hall–Kier alpha value is -1.26. The molecule has 1 fully saturated rings. The predicted molar refractivity (Wildman–Crippen MR) is 88.3 cm³/mol. The average molecular weight is 313 g/mol. The largest absolute Gasteiger partial charge is 0.466 e. The molecule has 0 aliphatic carbocycles. The number of piperazine rings is 1. The molecule has 0 N–H and O–H groups in total. The van der Waals surface area contributed by atoms with Crippen LogP contribution in [0.25, 0.3) is 0 Å². The summed E-state index contributed by atoms with van der Waals surface area (Å²) >= 11 is 0. The lowest BCUT2D eigenvalue weighted by molar-refractivity contribution is -0.143. The van der Waals surface area contributed by atoms with Gasteiger partial charge in [0.25, 0.3) is 0 Å². The van der Waals surface area contributed by atoms with Crippen LogP contribution in [0.2, 0.25) is 0 Å². The number of hydrogen-bond acceptors (Lipinski definition) is 4. The zero-order valence-electron chi connectivity index (χ0n) is 12.9. The smallest absolute Gasteiger partial charge is 0.307 e. The van der Waals surface area contributed by atoms with E-state index in [2.05, 4.69) is 41.0 Å². The molecule has 0 unspecified atom stereocenters. The van der Waals surface area contributed by atoms with E-state index in [9.17, 15) is 4.79 Å². The van der Waals surface area contributed by atoms with Gasteiger partial charge in [-0.15, -0.1) is 12.4 Å². The molecule has 1 saturated heterocycles. The summed E-state index contributed by atoms with van der Waals surface area (Å²) in [5, 5.41) is 0. The second-order valence-corrected chi connectivity index (χ2v) is 5.17. The van der Waals surface area contributed by atoms with Crippen molar-refractivity contribution < 1.29 is 9.53 Å². The highest BCUT2D eigenvalue weighted by atomic mass is 35.5. The Labute approximate surface area is 133 Å². The number of ether oxygens (including phenoxy) is 1. The molecule has 0 spiro atoms. The molecule has 5 heteroatoms. The van der Waals surface area contributed by atoms with E-state index < -0.39 is 0 Å². The van der Waals surface area contributed by atoms with Crippen molar-refractivity contribution in [1.29, 1.82) is 0 Å². The van der Waals surface area contributed by atoms with Crippen LogP contribution in [0.4, 0.5) is 5.69 Å². The first-order valence-corrected chi connectivity index (χ1v) is 7.39. The van der Waals surface area contributed by atoms with Gasteiger partial charge in [-0.2, -0.15) is 0 Å². The molecule has 0 atom stereocenters. The Morgan fingerprint density at radius 2 is 1.86 bits per heavy atom. The minimum absolute atomic E-state index is 0. The maximum absolute atomic E-state index is 11.4. The van der Waals surface area contributed by atoms with Gasteiger partial charge in [0.1, 0.15) is 0 Å². The Kier molecular flexibility index (Phi) is 7.54. The summed E-state index contributed by atoms with van der Waals surface area (Å²) in [6.07, 6.45) is 0.498. The number of anilines is 1. The van der Waals surface area contributed by atoms with Gasteiger partial charge in [0.15, 0.2) is 0 Å². The highest BCUT2D eigenvalue weighted by molar-refractivity contribution is 5.85. The molecule has 0 radical (unpaired) electrons. The first kappa shape index (κ1) is 17.8. The molecular weight excluding hydrogens is 288 g/mol. The summed E-state index contributed by atoms with van der Waals surface area (Å²) in [6, 6.07) is 8.51. The zero-order valence-corrected chi connectivity index (χ0v) is 13.7. The fraction of sp³-hybridized carbons (Fsp3) is 0.562. The topological polar surface area (TPSA) is 32.8 Å². The van der Waals surface area contributed by atoms with Crippen molar-refractivity contribution in [1.82, 2.24) is 4.90 Å². The molecule has 118 valence electrons. The summed E-state index contributed by atoms with van der Waals surface area (Å²) in [6.45, 7) is 9.34. The molecule has 1 aliphatic heterocycles. The van der Waals surface area contributed by atoms with Crippen molar-refractivity contribution in [2.75, 3.05) is 44.2 Å². The van der Waals surface area contributed by atoms with Crippen LogP contribution in [0.1, 0.15) is 18.9 Å². The van der Waals surface area contributed by atoms with Gasteiger partial charge in [0, 0.05) is 38.4 Å². The fourth-order valence-electron chi connectivity index (χ4n) is 2.61. The van der Waals surface area contributed by atoms with Crippen molar-refractivity contribution in [2.45, 2.75) is 20.3 Å². The molecule has 2 rings (SSSR count). The lowest BCUT2D eigenvalue weighted by Crippen LogP contribution is -2.47. The van der Waals surface area contributed by atoms with Crippen molar-refractivity contribution in [3.8, 4) is 0 Å². The van der Waals surface area contributed by atoms with Crippen LogP contribution in [0.5, 0.6) is 0 Å². The first-order chi connectivity index (χ1) is 9.70. The van der Waals surface area contributed by atoms with Gasteiger partial charge < -0.3 is 9.64 Å². The molecule has 1 aromatic carbocycles. The van der Waals surface area contributed by atoms with Crippen molar-refractivity contribution in [3.05, 3.63) is 29.8 Å². The number of para-hydroxylation sites is 1. The van der Waals surface area contributed by atoms with Gasteiger partial charge in [-0.1, -0.05) is 18.2 Å². The van der Waals surface area contributed by atoms with Gasteiger partial charge in [-0.05, 0) is 25.5 Å². The van der Waals surface area contributed by atoms with E-state index in [4.69, 9.17) is 4.74 Å². The maximum Gasteiger partial charge on any atom is 0.307 e. The van der Waals surface area contributed by atoms with E-state index in [1.54, 1.807) is 0 Å². The summed E-state index contributed by atoms with van der Waals surface area (Å²) in [5.74, 6) is -0.0890. The summed E-state index contributed by atoms with van der Waals surface area (Å²) < 4.78 is 4.96. The monoisotopic (exact) mass is 312 g/mol. The lowest BCUT2D eigenvalue weighted by atomic mass is 10.1. The third kappa shape index (κ3) is 5.21. The first-order valence-electron chi connectivity index (χ1n) is 7.39. The van der Waals surface area contributed by atoms with E-state index in [1.165, 1.54) is 11.3 Å². The molecule has 1 aromatic rings. The average Bonchev–Trinajstić information content (AvgIpc) is 2.47. The standard InChI is InChI=1S/C16H24N2O2.ClH/c1-3-20-16(19)8-9-17-10-12-18(13-11-17)15-7-5-4-6-14(15)2;/h4-7H,3,8-13H2,1-2H3;1H. The number of carbonyl (C=O) groups is 1. The third-order valence-corrected chi connectivity index (χ3v) is 3.77. The molecule has 0 saturated carbocycles. The SMILES string of the molecule is CCOC(=O)CCN1CCN(c2ccccc2C)CC1.Cl. The second-order valence-electron chi connectivity index (χ2n) is 5.17. The lowest BCUT2D eigenvalue weighted by Gasteiger charge is -2.36. The number of nitrogens with zero attached hydrogens (tertiary/aromatic N) is 2. The summed E-state index contributed by atoms with van der Waals surface area (Å²) in [4.78, 5) is 16.1. The minimum atomic E-state index is -0.0890. The van der Waals surface area contributed by atoms with Gasteiger partial charge in [0.05, 0.1) is 13.0 Å². The van der Waals surface area contributed by atoms with Gasteiger partial charge in [0.2, 0.25) is 0 Å². The molecule has 4 nitrogen and oxygen atoms in total. The van der Waals surface area contributed by atoms with Crippen LogP contribution in [0.3, 0.4) is 0 Å². The number of rotatable bonds is 5. The fourth-order valence-corrected chi connectivity index (χ4v) is 2.61. The van der Waals surface area contributed by atoms with Crippen molar-refractivity contribution in [2.24, 2.45) is 0 Å². The van der Waals surface area contributed by atoms with Gasteiger partial charge in [-0.25, -0.2) is 0 Å². The number of aryl methyl sites for hydroxylation is 1. The number of carbonyl (C=O) groups excluding carboxylic acids is 1. The van der Waals surface area contributed by atoms with Crippen LogP contribution < -0.4 is 4.90 Å². The Morgan fingerprint density at radius 3 is 2.48 bits per heavy atom. The Balaban J connectivity index is 0.00000220. The highest BCUT2D eigenvalue weighted by Gasteiger charge is 2.18. The van der Waals surface area contributed by atoms with E-state index in [0.29, 0.717) is 13.0 Å². The quantitative estimate of drug-likeness (QED) is 0.782. The molecule has 1 aliphatic rings. The number of hydrogen-bond donors (Lipinski definition) is 0. The van der Waals surface area contributed by atoms with Crippen molar-refractivity contribution in [3.63, 3.8) is 0 Å². The maximum atomic E-state index is 11.4. The van der Waals surface area contributed by atoms with Crippen LogP contribution >= 0.6 is 12.4 Å². The zero-order chi connectivity index (χ0) is 14.4. The number of benzene rings is 1. The summed E-state index contributed by atoms with van der Waals surface area (Å²) in [7, 11) is 0. The Morgan fingerprint density at radius 1 is 1.19 bits per heavy atom. The van der Waals surface area contributed by atoms with Crippen LogP contribution in [0, 0.1) is 6.92 Å². The van der Waals surface area contributed by atoms with Crippen molar-refractivity contribution >= 4 is 24.1 Å².